The van der Waals surface area contributed by atoms with Crippen molar-refractivity contribution in [2.24, 2.45) is 7.05 Å². The van der Waals surface area contributed by atoms with Gasteiger partial charge in [0.1, 0.15) is 12.4 Å². The van der Waals surface area contributed by atoms with Crippen molar-refractivity contribution in [2.75, 3.05) is 13.1 Å². The Balaban J connectivity index is 1.32. The number of ether oxygens (including phenoxy) is 1. The second-order valence-electron chi connectivity index (χ2n) is 9.62. The molecular weight excluding hydrogens is 422 g/mol. The predicted molar refractivity (Wildman–Crippen MR) is 136 cm³/mol. The Hall–Kier alpha value is -3.31. The van der Waals surface area contributed by atoms with Crippen molar-refractivity contribution < 1.29 is 4.74 Å². The summed E-state index contributed by atoms with van der Waals surface area (Å²) >= 11 is 0. The molecule has 34 heavy (non-hydrogen) atoms. The van der Waals surface area contributed by atoms with Gasteiger partial charge in [0, 0.05) is 36.9 Å². The molecule has 2 aliphatic rings. The summed E-state index contributed by atoms with van der Waals surface area (Å²) in [6, 6.07) is 20.4. The molecule has 2 aliphatic heterocycles. The summed E-state index contributed by atoms with van der Waals surface area (Å²) in [4.78, 5) is 15.7. The molecule has 0 amide bonds. The van der Waals surface area contributed by atoms with E-state index in [0.717, 1.165) is 24.2 Å². The van der Waals surface area contributed by atoms with Crippen LogP contribution in [0.1, 0.15) is 48.5 Å². The summed E-state index contributed by atoms with van der Waals surface area (Å²) in [6.45, 7) is 2.82. The van der Waals surface area contributed by atoms with Crippen LogP contribution in [0.25, 0.3) is 16.6 Å². The fraction of sp³-hybridized carbons (Fsp3) is 0.345. The first-order chi connectivity index (χ1) is 16.7. The first-order valence-corrected chi connectivity index (χ1v) is 12.4. The van der Waals surface area contributed by atoms with E-state index >= 15 is 0 Å². The number of nitrogens with zero attached hydrogens (tertiary/aromatic N) is 3. The van der Waals surface area contributed by atoms with Crippen LogP contribution in [-0.4, -0.2) is 27.1 Å². The molecule has 0 bridgehead atoms. The minimum atomic E-state index is -0.0844. The Morgan fingerprint density at radius 1 is 0.971 bits per heavy atom. The minimum absolute atomic E-state index is 0.0844. The molecule has 0 aliphatic carbocycles. The van der Waals surface area contributed by atoms with E-state index in [1.165, 1.54) is 54.4 Å². The van der Waals surface area contributed by atoms with Crippen LogP contribution in [0.15, 0.2) is 71.7 Å². The molecule has 2 aromatic heterocycles. The van der Waals surface area contributed by atoms with E-state index in [9.17, 15) is 4.79 Å². The lowest BCUT2D eigenvalue weighted by Gasteiger charge is -2.35. The van der Waals surface area contributed by atoms with Gasteiger partial charge in [0.25, 0.3) is 5.56 Å². The van der Waals surface area contributed by atoms with Gasteiger partial charge in [-0.05, 0) is 55.1 Å². The van der Waals surface area contributed by atoms with Crippen LogP contribution < -0.4 is 10.3 Å². The molecule has 0 saturated carbocycles. The molecule has 4 aromatic rings. The first kappa shape index (κ1) is 21.2. The van der Waals surface area contributed by atoms with E-state index in [1.807, 2.05) is 42.6 Å². The van der Waals surface area contributed by atoms with Crippen LogP contribution in [0.4, 0.5) is 0 Å². The van der Waals surface area contributed by atoms with E-state index in [0.29, 0.717) is 18.4 Å². The SMILES string of the molecule is Cn1c2c(c3ccc(-n4ccc(OCc5ccccc5)cc4=O)cc31)CCN1CCCCCC21. The van der Waals surface area contributed by atoms with Gasteiger partial charge in [0.15, 0.2) is 0 Å². The maximum absolute atomic E-state index is 13.0. The summed E-state index contributed by atoms with van der Waals surface area (Å²) in [6.07, 6.45) is 8.13. The van der Waals surface area contributed by atoms with Crippen molar-refractivity contribution in [3.63, 3.8) is 0 Å². The highest BCUT2D eigenvalue weighted by Gasteiger charge is 2.32. The van der Waals surface area contributed by atoms with E-state index in [-0.39, 0.29) is 5.56 Å². The van der Waals surface area contributed by atoms with Crippen LogP contribution >= 0.6 is 0 Å². The molecule has 6 rings (SSSR count). The molecule has 1 atom stereocenters. The fourth-order valence-electron chi connectivity index (χ4n) is 5.87. The molecular formula is C29H31N3O2. The molecule has 0 spiro atoms. The normalized spacial score (nSPS) is 18.3. The number of aryl methyl sites for hydroxylation is 1. The Labute approximate surface area is 200 Å². The second-order valence-corrected chi connectivity index (χ2v) is 9.62. The highest BCUT2D eigenvalue weighted by atomic mass is 16.5. The molecule has 0 radical (unpaired) electrons. The van der Waals surface area contributed by atoms with Gasteiger partial charge in [0.2, 0.25) is 0 Å². The zero-order chi connectivity index (χ0) is 23.1. The van der Waals surface area contributed by atoms with Gasteiger partial charge in [-0.1, -0.05) is 49.2 Å². The monoisotopic (exact) mass is 453 g/mol. The molecule has 5 nitrogen and oxygen atoms in total. The van der Waals surface area contributed by atoms with Gasteiger partial charge >= 0.3 is 0 Å². The van der Waals surface area contributed by atoms with Crippen LogP contribution in [0.3, 0.4) is 0 Å². The van der Waals surface area contributed by atoms with Crippen LogP contribution in [-0.2, 0) is 20.1 Å². The molecule has 1 saturated heterocycles. The molecule has 1 unspecified atom stereocenters. The number of aromatic nitrogens is 2. The number of fused-ring (bicyclic) bond motifs is 5. The number of hydrogen-bond acceptors (Lipinski definition) is 3. The Morgan fingerprint density at radius 2 is 1.85 bits per heavy atom. The van der Waals surface area contributed by atoms with Crippen LogP contribution in [0, 0.1) is 0 Å². The van der Waals surface area contributed by atoms with Crippen molar-refractivity contribution in [3.8, 4) is 11.4 Å². The number of hydrogen-bond donors (Lipinski definition) is 0. The molecule has 1 fully saturated rings. The standard InChI is InChI=1S/C29H31N3O2/c1-30-27-18-22(32-17-13-23(19-28(32)33)34-20-21-8-4-2-5-9-21)11-12-24(27)25-14-16-31-15-7-3-6-10-26(31)29(25)30/h2,4-5,8-9,11-13,17-19,26H,3,6-7,10,14-16,20H2,1H3. The topological polar surface area (TPSA) is 39.4 Å². The van der Waals surface area contributed by atoms with Gasteiger partial charge in [0.05, 0.1) is 17.2 Å². The fourth-order valence-corrected chi connectivity index (χ4v) is 5.87. The third-order valence-electron chi connectivity index (χ3n) is 7.58. The molecule has 5 heteroatoms. The first-order valence-electron chi connectivity index (χ1n) is 12.4. The molecule has 0 N–H and O–H groups in total. The predicted octanol–water partition coefficient (Wildman–Crippen LogP) is 5.38. The van der Waals surface area contributed by atoms with Crippen molar-refractivity contribution >= 4 is 10.9 Å². The summed E-state index contributed by atoms with van der Waals surface area (Å²) in [5, 5.41) is 1.33. The van der Waals surface area contributed by atoms with Crippen molar-refractivity contribution in [2.45, 2.75) is 44.8 Å². The van der Waals surface area contributed by atoms with Gasteiger partial charge in [-0.2, -0.15) is 0 Å². The quantitative estimate of drug-likeness (QED) is 0.416. The highest BCUT2D eigenvalue weighted by molar-refractivity contribution is 5.87. The summed E-state index contributed by atoms with van der Waals surface area (Å²) in [5.41, 5.74) is 6.09. The van der Waals surface area contributed by atoms with Crippen molar-refractivity contribution in [1.29, 1.82) is 0 Å². The summed E-state index contributed by atoms with van der Waals surface area (Å²) < 4.78 is 9.94. The number of rotatable bonds is 4. The number of pyridine rings is 1. The van der Waals surface area contributed by atoms with E-state index < -0.39 is 0 Å². The smallest absolute Gasteiger partial charge is 0.258 e. The lowest BCUT2D eigenvalue weighted by atomic mass is 9.95. The van der Waals surface area contributed by atoms with Gasteiger partial charge < -0.3 is 9.30 Å². The minimum Gasteiger partial charge on any atom is -0.489 e. The Kier molecular flexibility index (Phi) is 5.50. The van der Waals surface area contributed by atoms with E-state index in [2.05, 4.69) is 34.7 Å². The second kappa shape index (κ2) is 8.80. The summed E-state index contributed by atoms with van der Waals surface area (Å²) in [7, 11) is 2.20. The third kappa shape index (κ3) is 3.74. The van der Waals surface area contributed by atoms with Crippen LogP contribution in [0.2, 0.25) is 0 Å². The summed E-state index contributed by atoms with van der Waals surface area (Å²) in [5.74, 6) is 0.592. The van der Waals surface area contributed by atoms with Gasteiger partial charge in [-0.3, -0.25) is 14.3 Å². The average molecular weight is 454 g/mol. The lowest BCUT2D eigenvalue weighted by Crippen LogP contribution is -2.35. The maximum atomic E-state index is 13.0. The average Bonchev–Trinajstić information content (AvgIpc) is 3.00. The van der Waals surface area contributed by atoms with Crippen LogP contribution in [0.5, 0.6) is 5.75 Å². The molecule has 2 aromatic carbocycles. The highest BCUT2D eigenvalue weighted by Crippen LogP contribution is 2.40. The third-order valence-corrected chi connectivity index (χ3v) is 7.58. The zero-order valence-corrected chi connectivity index (χ0v) is 19.7. The Morgan fingerprint density at radius 3 is 2.71 bits per heavy atom. The Bertz CT molecular complexity index is 1390. The molecule has 4 heterocycles. The number of benzene rings is 2. The van der Waals surface area contributed by atoms with Gasteiger partial charge in [-0.15, -0.1) is 0 Å². The van der Waals surface area contributed by atoms with E-state index in [1.54, 1.807) is 10.6 Å². The van der Waals surface area contributed by atoms with Crippen molar-refractivity contribution in [3.05, 3.63) is 94.0 Å². The lowest BCUT2D eigenvalue weighted by molar-refractivity contribution is 0.183. The maximum Gasteiger partial charge on any atom is 0.258 e. The van der Waals surface area contributed by atoms with Crippen molar-refractivity contribution in [1.82, 2.24) is 14.0 Å². The zero-order valence-electron chi connectivity index (χ0n) is 19.7. The largest absolute Gasteiger partial charge is 0.489 e. The van der Waals surface area contributed by atoms with Gasteiger partial charge in [-0.25, -0.2) is 0 Å². The van der Waals surface area contributed by atoms with E-state index in [4.69, 9.17) is 4.74 Å². The molecule has 174 valence electrons.